The second-order valence-corrected chi connectivity index (χ2v) is 6.53. The molecule has 0 aromatic heterocycles. The molecule has 3 N–H and O–H groups in total. The number of nitrogens with one attached hydrogen (secondary N) is 3. The second-order valence-electron chi connectivity index (χ2n) is 6.53. The molecule has 1 rings (SSSR count). The van der Waals surface area contributed by atoms with Crippen LogP contribution >= 0.6 is 0 Å². The van der Waals surface area contributed by atoms with Gasteiger partial charge in [0.15, 0.2) is 5.96 Å². The number of hydrogen-bond acceptors (Lipinski definition) is 2. The first-order valence-corrected chi connectivity index (χ1v) is 8.29. The highest BCUT2D eigenvalue weighted by Crippen LogP contribution is 2.07. The maximum absolute atomic E-state index is 12.0. The zero-order chi connectivity index (χ0) is 17.3. The van der Waals surface area contributed by atoms with Crippen molar-refractivity contribution in [2.75, 3.05) is 13.1 Å². The third-order valence-electron chi connectivity index (χ3n) is 2.98. The summed E-state index contributed by atoms with van der Waals surface area (Å²) in [6.07, 6.45) is 0.931. The smallest absolute Gasteiger partial charge is 0.251 e. The van der Waals surface area contributed by atoms with Crippen molar-refractivity contribution in [3.05, 3.63) is 35.4 Å². The lowest BCUT2D eigenvalue weighted by Gasteiger charge is -2.23. The zero-order valence-corrected chi connectivity index (χ0v) is 15.0. The van der Waals surface area contributed by atoms with E-state index in [-0.39, 0.29) is 11.4 Å². The molecule has 0 spiro atoms. The van der Waals surface area contributed by atoms with Gasteiger partial charge in [-0.1, -0.05) is 19.1 Å². The molecule has 0 radical (unpaired) electrons. The fourth-order valence-electron chi connectivity index (χ4n) is 1.98. The summed E-state index contributed by atoms with van der Waals surface area (Å²) < 4.78 is 0. The lowest BCUT2D eigenvalue weighted by molar-refractivity contribution is 0.0953. The van der Waals surface area contributed by atoms with Crippen LogP contribution in [0.1, 0.15) is 57.0 Å². The first-order chi connectivity index (χ1) is 10.9. The predicted molar refractivity (Wildman–Crippen MR) is 96.8 cm³/mol. The Bertz CT molecular complexity index is 532. The molecule has 1 aromatic rings. The summed E-state index contributed by atoms with van der Waals surface area (Å²) in [4.78, 5) is 16.6. The number of carbonyl (C=O) groups excluding carboxylic acids is 1. The van der Waals surface area contributed by atoms with E-state index in [1.54, 1.807) is 0 Å². The molecule has 1 amide bonds. The maximum atomic E-state index is 12.0. The van der Waals surface area contributed by atoms with E-state index in [4.69, 9.17) is 0 Å². The highest BCUT2D eigenvalue weighted by Gasteiger charge is 2.11. The fraction of sp³-hybridized carbons (Fsp3) is 0.556. The molecule has 0 bridgehead atoms. The third kappa shape index (κ3) is 7.68. The number of rotatable bonds is 6. The number of aliphatic imine (C=N–C) groups is 1. The summed E-state index contributed by atoms with van der Waals surface area (Å²) >= 11 is 0. The van der Waals surface area contributed by atoms with Crippen molar-refractivity contribution in [2.24, 2.45) is 4.99 Å². The number of nitrogens with zero attached hydrogens (tertiary/aromatic N) is 1. The molecule has 0 aliphatic carbocycles. The van der Waals surface area contributed by atoms with Crippen LogP contribution in [0.3, 0.4) is 0 Å². The van der Waals surface area contributed by atoms with Gasteiger partial charge in [-0.25, -0.2) is 4.99 Å². The molecule has 0 atom stereocenters. The Morgan fingerprint density at radius 1 is 1.17 bits per heavy atom. The average Bonchev–Trinajstić information content (AvgIpc) is 2.49. The summed E-state index contributed by atoms with van der Waals surface area (Å²) in [6.45, 7) is 12.4. The summed E-state index contributed by atoms with van der Waals surface area (Å²) in [5.74, 6) is 0.748. The minimum Gasteiger partial charge on any atom is -0.357 e. The van der Waals surface area contributed by atoms with Crippen molar-refractivity contribution in [2.45, 2.75) is 53.1 Å². The van der Waals surface area contributed by atoms with E-state index in [9.17, 15) is 4.79 Å². The van der Waals surface area contributed by atoms with Crippen molar-refractivity contribution in [3.8, 4) is 0 Å². The lowest BCUT2D eigenvalue weighted by atomic mass is 10.1. The van der Waals surface area contributed by atoms with Crippen LogP contribution in [0.25, 0.3) is 0 Å². The van der Waals surface area contributed by atoms with Gasteiger partial charge >= 0.3 is 0 Å². The van der Waals surface area contributed by atoms with Crippen molar-refractivity contribution < 1.29 is 4.79 Å². The lowest BCUT2D eigenvalue weighted by Crippen LogP contribution is -2.47. The molecule has 0 unspecified atom stereocenters. The van der Waals surface area contributed by atoms with Gasteiger partial charge in [0, 0.05) is 24.2 Å². The SMILES string of the molecule is CCCNC(=O)c1cccc(CN=C(NCC)NC(C)(C)C)c1. The predicted octanol–water partition coefficient (Wildman–Crippen LogP) is 2.68. The highest BCUT2D eigenvalue weighted by molar-refractivity contribution is 5.94. The van der Waals surface area contributed by atoms with E-state index >= 15 is 0 Å². The molecule has 0 aliphatic rings. The Balaban J connectivity index is 2.78. The number of hydrogen-bond donors (Lipinski definition) is 3. The number of benzene rings is 1. The summed E-state index contributed by atoms with van der Waals surface area (Å²) in [5, 5.41) is 9.48. The van der Waals surface area contributed by atoms with Gasteiger partial charge in [0.05, 0.1) is 6.54 Å². The quantitative estimate of drug-likeness (QED) is 0.558. The van der Waals surface area contributed by atoms with E-state index in [0.29, 0.717) is 18.7 Å². The van der Waals surface area contributed by atoms with Crippen LogP contribution in [-0.2, 0) is 6.54 Å². The van der Waals surface area contributed by atoms with E-state index < -0.39 is 0 Å². The van der Waals surface area contributed by atoms with Gasteiger partial charge in [0.2, 0.25) is 0 Å². The van der Waals surface area contributed by atoms with Crippen molar-refractivity contribution >= 4 is 11.9 Å². The third-order valence-corrected chi connectivity index (χ3v) is 2.98. The molecule has 23 heavy (non-hydrogen) atoms. The number of guanidine groups is 1. The molecule has 0 saturated carbocycles. The van der Waals surface area contributed by atoms with Crippen LogP contribution in [-0.4, -0.2) is 30.5 Å². The zero-order valence-electron chi connectivity index (χ0n) is 15.0. The number of carbonyl (C=O) groups is 1. The van der Waals surface area contributed by atoms with Crippen LogP contribution in [0.5, 0.6) is 0 Å². The molecule has 128 valence electrons. The van der Waals surface area contributed by atoms with Crippen LogP contribution in [0, 0.1) is 0 Å². The Morgan fingerprint density at radius 2 is 1.91 bits per heavy atom. The van der Waals surface area contributed by atoms with Crippen LogP contribution in [0.15, 0.2) is 29.3 Å². The van der Waals surface area contributed by atoms with E-state index in [1.807, 2.05) is 38.1 Å². The van der Waals surface area contributed by atoms with E-state index in [1.165, 1.54) is 0 Å². The average molecular weight is 318 g/mol. The van der Waals surface area contributed by atoms with Gasteiger partial charge < -0.3 is 16.0 Å². The molecule has 5 heteroatoms. The minimum absolute atomic E-state index is 0.0302. The van der Waals surface area contributed by atoms with Gasteiger partial charge in [0.1, 0.15) is 0 Å². The topological polar surface area (TPSA) is 65.5 Å². The Hall–Kier alpha value is -2.04. The van der Waals surface area contributed by atoms with Gasteiger partial charge in [-0.15, -0.1) is 0 Å². The summed E-state index contributed by atoms with van der Waals surface area (Å²) in [5.41, 5.74) is 1.64. The molecule has 5 nitrogen and oxygen atoms in total. The van der Waals surface area contributed by atoms with Crippen LogP contribution < -0.4 is 16.0 Å². The normalized spacial score (nSPS) is 12.0. The molecule has 0 heterocycles. The first-order valence-electron chi connectivity index (χ1n) is 8.29. The van der Waals surface area contributed by atoms with Gasteiger partial charge in [0.25, 0.3) is 5.91 Å². The summed E-state index contributed by atoms with van der Waals surface area (Å²) in [7, 11) is 0. The van der Waals surface area contributed by atoms with Gasteiger partial charge in [-0.05, 0) is 51.8 Å². The van der Waals surface area contributed by atoms with Gasteiger partial charge in [-0.3, -0.25) is 4.79 Å². The molecule has 1 aromatic carbocycles. The van der Waals surface area contributed by atoms with Crippen LogP contribution in [0.2, 0.25) is 0 Å². The molecular weight excluding hydrogens is 288 g/mol. The first kappa shape index (κ1) is 19.0. The summed E-state index contributed by atoms with van der Waals surface area (Å²) in [6, 6.07) is 7.61. The minimum atomic E-state index is -0.0527. The maximum Gasteiger partial charge on any atom is 0.251 e. The molecule has 0 aliphatic heterocycles. The molecular formula is C18H30N4O. The Kier molecular flexibility index (Phi) is 7.59. The fourth-order valence-corrected chi connectivity index (χ4v) is 1.98. The molecule has 0 saturated heterocycles. The largest absolute Gasteiger partial charge is 0.357 e. The number of amides is 1. The standard InChI is InChI=1S/C18H30N4O/c1-6-11-20-16(23)15-10-8-9-14(12-15)13-21-17(19-7-2)22-18(3,4)5/h8-10,12H,6-7,11,13H2,1-5H3,(H,20,23)(H2,19,21,22). The van der Waals surface area contributed by atoms with E-state index in [0.717, 1.165) is 24.5 Å². The van der Waals surface area contributed by atoms with Crippen molar-refractivity contribution in [1.82, 2.24) is 16.0 Å². The van der Waals surface area contributed by atoms with Crippen molar-refractivity contribution in [3.63, 3.8) is 0 Å². The second kappa shape index (κ2) is 9.18. The van der Waals surface area contributed by atoms with E-state index in [2.05, 4.69) is 41.7 Å². The monoisotopic (exact) mass is 318 g/mol. The van der Waals surface area contributed by atoms with Gasteiger partial charge in [-0.2, -0.15) is 0 Å². The Labute approximate surface area is 140 Å². The van der Waals surface area contributed by atoms with Crippen LogP contribution in [0.4, 0.5) is 0 Å². The Morgan fingerprint density at radius 3 is 2.52 bits per heavy atom. The highest BCUT2D eigenvalue weighted by atomic mass is 16.1. The molecule has 0 fully saturated rings. The van der Waals surface area contributed by atoms with Crippen molar-refractivity contribution in [1.29, 1.82) is 0 Å².